The predicted molar refractivity (Wildman–Crippen MR) is 90.2 cm³/mol. The lowest BCUT2D eigenvalue weighted by Crippen LogP contribution is -2.43. The number of benzene rings is 1. The van der Waals surface area contributed by atoms with E-state index in [-0.39, 0.29) is 11.8 Å². The molecule has 0 aromatic heterocycles. The molecule has 0 aliphatic carbocycles. The standard InChI is InChI=1S/C16H24ClNO2S/c1-10(2)14(19)16(3,4)9-18-15(20)12-8-11(21-5)6-7-13(12)17/h6-8,10,14,19H,9H2,1-5H3,(H,18,20). The Morgan fingerprint density at radius 2 is 2.05 bits per heavy atom. The number of aliphatic hydroxyl groups is 1. The molecule has 1 aromatic carbocycles. The summed E-state index contributed by atoms with van der Waals surface area (Å²) in [6.45, 7) is 8.21. The van der Waals surface area contributed by atoms with Crippen LogP contribution < -0.4 is 5.32 Å². The Morgan fingerprint density at radius 1 is 1.43 bits per heavy atom. The highest BCUT2D eigenvalue weighted by molar-refractivity contribution is 7.98. The molecule has 1 aromatic rings. The number of halogens is 1. The Hall–Kier alpha value is -0.710. The third kappa shape index (κ3) is 4.90. The molecule has 1 atom stereocenters. The zero-order valence-electron chi connectivity index (χ0n) is 13.2. The van der Waals surface area contributed by atoms with E-state index in [1.807, 2.05) is 40.0 Å². The van der Waals surface area contributed by atoms with E-state index in [0.29, 0.717) is 17.1 Å². The van der Waals surface area contributed by atoms with Gasteiger partial charge in [-0.05, 0) is 30.4 Å². The fourth-order valence-corrected chi connectivity index (χ4v) is 2.86. The molecule has 1 amide bonds. The van der Waals surface area contributed by atoms with Crippen LogP contribution in [0.3, 0.4) is 0 Å². The molecule has 0 aliphatic rings. The average molecular weight is 330 g/mol. The van der Waals surface area contributed by atoms with Crippen LogP contribution in [-0.2, 0) is 0 Å². The average Bonchev–Trinajstić information content (AvgIpc) is 2.44. The predicted octanol–water partition coefficient (Wildman–Crippen LogP) is 3.83. The van der Waals surface area contributed by atoms with Gasteiger partial charge in [0.15, 0.2) is 0 Å². The van der Waals surface area contributed by atoms with Gasteiger partial charge in [0.2, 0.25) is 0 Å². The second kappa shape index (κ2) is 7.52. The number of amides is 1. The third-order valence-electron chi connectivity index (χ3n) is 3.55. The largest absolute Gasteiger partial charge is 0.392 e. The molecule has 1 rings (SSSR count). The monoisotopic (exact) mass is 329 g/mol. The summed E-state index contributed by atoms with van der Waals surface area (Å²) in [5.41, 5.74) is 0.0753. The van der Waals surface area contributed by atoms with E-state index in [4.69, 9.17) is 11.6 Å². The van der Waals surface area contributed by atoms with Crippen molar-refractivity contribution in [3.63, 3.8) is 0 Å². The number of carbonyl (C=O) groups is 1. The maximum absolute atomic E-state index is 12.3. The number of nitrogens with one attached hydrogen (secondary N) is 1. The van der Waals surface area contributed by atoms with Gasteiger partial charge in [-0.25, -0.2) is 0 Å². The van der Waals surface area contributed by atoms with E-state index < -0.39 is 11.5 Å². The van der Waals surface area contributed by atoms with E-state index in [2.05, 4.69) is 5.32 Å². The molecule has 1 unspecified atom stereocenters. The van der Waals surface area contributed by atoms with Crippen LogP contribution >= 0.6 is 23.4 Å². The number of rotatable bonds is 6. The number of hydrogen-bond donors (Lipinski definition) is 2. The van der Waals surface area contributed by atoms with Crippen molar-refractivity contribution < 1.29 is 9.90 Å². The van der Waals surface area contributed by atoms with Crippen LogP contribution in [0.4, 0.5) is 0 Å². The summed E-state index contributed by atoms with van der Waals surface area (Å²) in [6, 6.07) is 5.40. The van der Waals surface area contributed by atoms with E-state index in [1.54, 1.807) is 23.9 Å². The van der Waals surface area contributed by atoms with Gasteiger partial charge >= 0.3 is 0 Å². The Bertz CT molecular complexity index is 503. The topological polar surface area (TPSA) is 49.3 Å². The van der Waals surface area contributed by atoms with Crippen LogP contribution in [0.1, 0.15) is 38.1 Å². The normalized spacial score (nSPS) is 13.3. The molecule has 3 nitrogen and oxygen atoms in total. The number of carbonyl (C=O) groups excluding carboxylic acids is 1. The van der Waals surface area contributed by atoms with Crippen molar-refractivity contribution in [1.29, 1.82) is 0 Å². The van der Waals surface area contributed by atoms with Crippen molar-refractivity contribution in [3.05, 3.63) is 28.8 Å². The highest BCUT2D eigenvalue weighted by atomic mass is 35.5. The molecule has 0 fully saturated rings. The van der Waals surface area contributed by atoms with Crippen molar-refractivity contribution in [1.82, 2.24) is 5.32 Å². The summed E-state index contributed by atoms with van der Waals surface area (Å²) in [6.07, 6.45) is 1.47. The fourth-order valence-electron chi connectivity index (χ4n) is 2.22. The van der Waals surface area contributed by atoms with Crippen LogP contribution in [0.25, 0.3) is 0 Å². The zero-order valence-corrected chi connectivity index (χ0v) is 14.8. The maximum atomic E-state index is 12.3. The SMILES string of the molecule is CSc1ccc(Cl)c(C(=O)NCC(C)(C)C(O)C(C)C)c1. The molecule has 0 spiro atoms. The first-order chi connectivity index (χ1) is 9.69. The van der Waals surface area contributed by atoms with Crippen LogP contribution in [0.5, 0.6) is 0 Å². The molecule has 2 N–H and O–H groups in total. The van der Waals surface area contributed by atoms with Gasteiger partial charge in [0.25, 0.3) is 5.91 Å². The molecule has 0 saturated heterocycles. The third-order valence-corrected chi connectivity index (χ3v) is 4.61. The minimum absolute atomic E-state index is 0.139. The molecule has 0 aliphatic heterocycles. The van der Waals surface area contributed by atoms with Gasteiger partial charge < -0.3 is 10.4 Å². The fraction of sp³-hybridized carbons (Fsp3) is 0.562. The Balaban J connectivity index is 2.78. The highest BCUT2D eigenvalue weighted by Gasteiger charge is 2.30. The zero-order chi connectivity index (χ0) is 16.2. The smallest absolute Gasteiger partial charge is 0.252 e. The van der Waals surface area contributed by atoms with Crippen molar-refractivity contribution >= 4 is 29.3 Å². The first-order valence-corrected chi connectivity index (χ1v) is 8.59. The van der Waals surface area contributed by atoms with Gasteiger partial charge in [-0.1, -0.05) is 39.3 Å². The molecule has 21 heavy (non-hydrogen) atoms. The number of thioether (sulfide) groups is 1. The Kier molecular flexibility index (Phi) is 6.57. The molecule has 0 heterocycles. The van der Waals surface area contributed by atoms with Crippen molar-refractivity contribution in [3.8, 4) is 0 Å². The van der Waals surface area contributed by atoms with Crippen LogP contribution in [0.15, 0.2) is 23.1 Å². The van der Waals surface area contributed by atoms with Crippen molar-refractivity contribution in [2.75, 3.05) is 12.8 Å². The Morgan fingerprint density at radius 3 is 2.57 bits per heavy atom. The Labute approximate surface area is 136 Å². The van der Waals surface area contributed by atoms with Crippen LogP contribution in [0, 0.1) is 11.3 Å². The summed E-state index contributed by atoms with van der Waals surface area (Å²) < 4.78 is 0. The minimum atomic E-state index is -0.481. The second-order valence-electron chi connectivity index (χ2n) is 6.21. The lowest BCUT2D eigenvalue weighted by molar-refractivity contribution is 0.0138. The molecule has 5 heteroatoms. The van der Waals surface area contributed by atoms with Gasteiger partial charge in [0.05, 0.1) is 16.7 Å². The number of hydrogen-bond acceptors (Lipinski definition) is 3. The first kappa shape index (κ1) is 18.3. The van der Waals surface area contributed by atoms with Crippen molar-refractivity contribution in [2.24, 2.45) is 11.3 Å². The van der Waals surface area contributed by atoms with E-state index in [1.165, 1.54) is 0 Å². The lowest BCUT2D eigenvalue weighted by Gasteiger charge is -2.33. The van der Waals surface area contributed by atoms with Gasteiger partial charge in [0, 0.05) is 16.9 Å². The van der Waals surface area contributed by atoms with E-state index >= 15 is 0 Å². The molecule has 0 bridgehead atoms. The van der Waals surface area contributed by atoms with Gasteiger partial charge in [0.1, 0.15) is 0 Å². The molecule has 118 valence electrons. The summed E-state index contributed by atoms with van der Waals surface area (Å²) >= 11 is 7.65. The summed E-state index contributed by atoms with van der Waals surface area (Å²) in [5, 5.41) is 13.5. The first-order valence-electron chi connectivity index (χ1n) is 6.99. The molecule has 0 radical (unpaired) electrons. The second-order valence-corrected chi connectivity index (χ2v) is 7.49. The lowest BCUT2D eigenvalue weighted by atomic mass is 9.80. The quantitative estimate of drug-likeness (QED) is 0.780. The summed E-state index contributed by atoms with van der Waals surface area (Å²) in [5.74, 6) is -0.0692. The molecular formula is C16H24ClNO2S. The highest BCUT2D eigenvalue weighted by Crippen LogP contribution is 2.26. The maximum Gasteiger partial charge on any atom is 0.252 e. The van der Waals surface area contributed by atoms with Crippen LogP contribution in [0.2, 0.25) is 5.02 Å². The van der Waals surface area contributed by atoms with E-state index in [0.717, 1.165) is 4.90 Å². The minimum Gasteiger partial charge on any atom is -0.392 e. The van der Waals surface area contributed by atoms with Gasteiger partial charge in [-0.15, -0.1) is 11.8 Å². The summed E-state index contributed by atoms with van der Waals surface area (Å²) in [7, 11) is 0. The van der Waals surface area contributed by atoms with Crippen LogP contribution in [-0.4, -0.2) is 29.9 Å². The summed E-state index contributed by atoms with van der Waals surface area (Å²) in [4.78, 5) is 13.3. The number of aliphatic hydroxyl groups excluding tert-OH is 1. The van der Waals surface area contributed by atoms with Gasteiger partial charge in [-0.3, -0.25) is 4.79 Å². The van der Waals surface area contributed by atoms with E-state index in [9.17, 15) is 9.90 Å². The van der Waals surface area contributed by atoms with Crippen molar-refractivity contribution in [2.45, 2.75) is 38.7 Å². The van der Waals surface area contributed by atoms with Gasteiger partial charge in [-0.2, -0.15) is 0 Å². The molecule has 0 saturated carbocycles. The molecular weight excluding hydrogens is 306 g/mol.